The Morgan fingerprint density at radius 1 is 0.830 bits per heavy atom. The van der Waals surface area contributed by atoms with Crippen molar-refractivity contribution in [2.24, 2.45) is 0 Å². The lowest BCUT2D eigenvalue weighted by Crippen LogP contribution is -2.41. The molecular weight excluding hydrogens is 618 g/mol. The third-order valence-corrected chi connectivity index (χ3v) is 8.48. The fourth-order valence-electron chi connectivity index (χ4n) is 4.93. The lowest BCUT2D eigenvalue weighted by molar-refractivity contribution is 0.0292. The van der Waals surface area contributed by atoms with E-state index < -0.39 is 27.7 Å². The monoisotopic (exact) mass is 659 g/mol. The Balaban J connectivity index is 1.58. The molecule has 1 amide bonds. The highest BCUT2D eigenvalue weighted by molar-refractivity contribution is 7.92. The number of likely N-dealkylation sites (N-methyl/N-ethyl adjacent to an activating group) is 1. The molecule has 0 heterocycles. The van der Waals surface area contributed by atoms with E-state index in [1.54, 1.807) is 61.6 Å². The second kappa shape index (κ2) is 15.0. The van der Waals surface area contributed by atoms with E-state index in [2.05, 4.69) is 10.0 Å². The van der Waals surface area contributed by atoms with Crippen LogP contribution in [0.2, 0.25) is 0 Å². The number of nitrogens with zero attached hydrogens (tertiary/aromatic N) is 1. The molecule has 0 spiro atoms. The number of ether oxygens (including phenoxy) is 3. The van der Waals surface area contributed by atoms with Gasteiger partial charge in [-0.05, 0) is 86.3 Å². The molecule has 0 saturated carbocycles. The van der Waals surface area contributed by atoms with Crippen molar-refractivity contribution in [2.75, 3.05) is 37.9 Å². The predicted molar refractivity (Wildman–Crippen MR) is 183 cm³/mol. The van der Waals surface area contributed by atoms with Crippen LogP contribution < -0.4 is 14.8 Å². The molecule has 0 aliphatic rings. The minimum absolute atomic E-state index is 0.0692. The number of hydrogen-bond acceptors (Lipinski definition) is 8. The molecule has 11 heteroatoms. The smallest absolute Gasteiger partial charge is 0.410 e. The number of esters is 1. The van der Waals surface area contributed by atoms with Crippen LogP contribution in [-0.4, -0.2) is 64.8 Å². The minimum atomic E-state index is -4.12. The molecule has 248 valence electrons. The van der Waals surface area contributed by atoms with Crippen LogP contribution in [0, 0.1) is 0 Å². The van der Waals surface area contributed by atoms with E-state index in [-0.39, 0.29) is 16.7 Å². The van der Waals surface area contributed by atoms with Crippen molar-refractivity contribution in [1.29, 1.82) is 0 Å². The van der Waals surface area contributed by atoms with Gasteiger partial charge in [-0.3, -0.25) is 4.72 Å². The van der Waals surface area contributed by atoms with Crippen LogP contribution in [-0.2, 0) is 25.9 Å². The van der Waals surface area contributed by atoms with Gasteiger partial charge in [-0.25, -0.2) is 18.0 Å². The molecule has 1 atom stereocenters. The maximum atomic E-state index is 13.8. The maximum Gasteiger partial charge on any atom is 0.410 e. The molecule has 4 rings (SSSR count). The highest BCUT2D eigenvalue weighted by Gasteiger charge is 2.24. The Morgan fingerprint density at radius 3 is 2.19 bits per heavy atom. The Bertz CT molecular complexity index is 1810. The quantitative estimate of drug-likeness (QED) is 0.159. The van der Waals surface area contributed by atoms with E-state index in [4.69, 9.17) is 14.2 Å². The summed E-state index contributed by atoms with van der Waals surface area (Å²) in [4.78, 5) is 26.3. The van der Waals surface area contributed by atoms with Crippen LogP contribution in [0.15, 0.2) is 102 Å². The summed E-state index contributed by atoms with van der Waals surface area (Å²) in [5.41, 5.74) is 2.98. The van der Waals surface area contributed by atoms with Gasteiger partial charge in [-0.2, -0.15) is 0 Å². The lowest BCUT2D eigenvalue weighted by atomic mass is 10.0. The summed E-state index contributed by atoms with van der Waals surface area (Å²) in [5, 5.41) is 3.47. The first kappa shape index (κ1) is 34.8. The van der Waals surface area contributed by atoms with Crippen LogP contribution >= 0.6 is 0 Å². The summed E-state index contributed by atoms with van der Waals surface area (Å²) in [7, 11) is 0.264. The normalized spacial score (nSPS) is 12.0. The molecule has 4 aromatic rings. The van der Waals surface area contributed by atoms with Crippen molar-refractivity contribution in [3.63, 3.8) is 0 Å². The number of amides is 1. The summed E-state index contributed by atoms with van der Waals surface area (Å²) in [6.07, 6.45) is 0.164. The first-order valence-corrected chi connectivity index (χ1v) is 16.5. The van der Waals surface area contributed by atoms with E-state index in [1.807, 2.05) is 57.2 Å². The number of nitrogens with one attached hydrogen (secondary N) is 2. The number of carbonyl (C=O) groups is 2. The Kier molecular flexibility index (Phi) is 11.1. The van der Waals surface area contributed by atoms with Crippen LogP contribution in [0.3, 0.4) is 0 Å². The van der Waals surface area contributed by atoms with E-state index in [1.165, 1.54) is 25.2 Å². The van der Waals surface area contributed by atoms with Gasteiger partial charge in [-0.1, -0.05) is 54.6 Å². The number of rotatable bonds is 12. The molecule has 47 heavy (non-hydrogen) atoms. The first-order valence-electron chi connectivity index (χ1n) is 15.0. The first-order chi connectivity index (χ1) is 22.3. The zero-order chi connectivity index (χ0) is 34.2. The number of anilines is 2. The molecule has 0 radical (unpaired) electrons. The molecule has 0 aliphatic carbocycles. The molecule has 0 aromatic heterocycles. The van der Waals surface area contributed by atoms with Gasteiger partial charge >= 0.3 is 12.1 Å². The lowest BCUT2D eigenvalue weighted by Gasteiger charge is -2.29. The van der Waals surface area contributed by atoms with Crippen LogP contribution in [0.4, 0.5) is 16.2 Å². The average Bonchev–Trinajstić information content (AvgIpc) is 3.03. The highest BCUT2D eigenvalue weighted by atomic mass is 32.2. The van der Waals surface area contributed by atoms with Gasteiger partial charge in [-0.15, -0.1) is 0 Å². The third-order valence-electron chi connectivity index (χ3n) is 7.08. The van der Waals surface area contributed by atoms with Crippen molar-refractivity contribution in [1.82, 2.24) is 4.90 Å². The minimum Gasteiger partial charge on any atom is -0.495 e. The highest BCUT2D eigenvalue weighted by Crippen LogP contribution is 2.32. The molecule has 0 bridgehead atoms. The van der Waals surface area contributed by atoms with E-state index in [0.29, 0.717) is 41.0 Å². The molecule has 0 fully saturated rings. The summed E-state index contributed by atoms with van der Waals surface area (Å²) in [6, 6.07) is 28.1. The van der Waals surface area contributed by atoms with Gasteiger partial charge in [0.25, 0.3) is 10.0 Å². The number of benzene rings is 4. The summed E-state index contributed by atoms with van der Waals surface area (Å²) >= 11 is 0. The molecule has 2 N–H and O–H groups in total. The molecule has 10 nitrogen and oxygen atoms in total. The van der Waals surface area contributed by atoms with E-state index >= 15 is 0 Å². The Labute approximate surface area is 276 Å². The number of methoxy groups -OCH3 is 2. The summed E-state index contributed by atoms with van der Waals surface area (Å²) in [5.74, 6) is -0.335. The maximum absolute atomic E-state index is 13.8. The van der Waals surface area contributed by atoms with Crippen molar-refractivity contribution < 1.29 is 32.2 Å². The predicted octanol–water partition coefficient (Wildman–Crippen LogP) is 6.84. The second-order valence-electron chi connectivity index (χ2n) is 12.0. The number of sulfonamides is 1. The van der Waals surface area contributed by atoms with E-state index in [0.717, 1.165) is 5.56 Å². The van der Waals surface area contributed by atoms with Crippen LogP contribution in [0.25, 0.3) is 11.1 Å². The Morgan fingerprint density at radius 2 is 1.51 bits per heavy atom. The zero-order valence-electron chi connectivity index (χ0n) is 27.4. The molecule has 1 unspecified atom stereocenters. The topological polar surface area (TPSA) is 123 Å². The molecule has 0 saturated heterocycles. The van der Waals surface area contributed by atoms with Gasteiger partial charge in [0.05, 0.1) is 25.5 Å². The average molecular weight is 660 g/mol. The van der Waals surface area contributed by atoms with Gasteiger partial charge < -0.3 is 24.4 Å². The second-order valence-corrected chi connectivity index (χ2v) is 13.7. The summed E-state index contributed by atoms with van der Waals surface area (Å²) < 4.78 is 46.0. The van der Waals surface area contributed by atoms with Crippen molar-refractivity contribution in [3.05, 3.63) is 108 Å². The van der Waals surface area contributed by atoms with Crippen molar-refractivity contribution >= 4 is 33.5 Å². The fourth-order valence-corrected chi connectivity index (χ4v) is 6.18. The Hall–Kier alpha value is -5.03. The summed E-state index contributed by atoms with van der Waals surface area (Å²) in [6.45, 7) is 5.79. The van der Waals surface area contributed by atoms with Crippen LogP contribution in [0.1, 0.15) is 36.7 Å². The molecule has 4 aromatic carbocycles. The number of hydrogen-bond donors (Lipinski definition) is 2. The zero-order valence-corrected chi connectivity index (χ0v) is 28.3. The van der Waals surface area contributed by atoms with Crippen LogP contribution in [0.5, 0.6) is 5.75 Å². The van der Waals surface area contributed by atoms with Gasteiger partial charge in [0.2, 0.25) is 0 Å². The molecule has 0 aliphatic heterocycles. The largest absolute Gasteiger partial charge is 0.495 e. The van der Waals surface area contributed by atoms with Gasteiger partial charge in [0.15, 0.2) is 0 Å². The number of carbonyl (C=O) groups excluding carboxylic acids is 2. The van der Waals surface area contributed by atoms with Gasteiger partial charge in [0.1, 0.15) is 16.2 Å². The van der Waals surface area contributed by atoms with Crippen molar-refractivity contribution in [3.8, 4) is 16.9 Å². The standard InChI is InChI=1S/C36H41N3O7S/c1-36(2,3)46-35(41)39(4)24-31(20-25-12-8-7-9-13-25)37-29-16-11-17-30(23-29)38-47(42,43)33-22-27(18-19-32(33)44-5)26-14-10-15-28(21-26)34(40)45-6/h7-19,21-23,31,37-38H,20,24H2,1-6H3. The molecular formula is C36H41N3O7S. The fraction of sp³-hybridized carbons (Fsp3) is 0.278. The third kappa shape index (κ3) is 9.73. The van der Waals surface area contributed by atoms with E-state index in [9.17, 15) is 18.0 Å². The van der Waals surface area contributed by atoms with Crippen molar-refractivity contribution in [2.45, 2.75) is 43.7 Å². The van der Waals surface area contributed by atoms with Gasteiger partial charge in [0, 0.05) is 25.3 Å². The SMILES string of the molecule is COC(=O)c1cccc(-c2ccc(OC)c(S(=O)(=O)Nc3cccc(NC(Cc4ccccc4)CN(C)C(=O)OC(C)(C)C)c3)c2)c1.